The molecule has 30 heavy (non-hydrogen) atoms. The number of carbonyl (C=O) groups excluding carboxylic acids is 1. The van der Waals surface area contributed by atoms with Gasteiger partial charge in [0.25, 0.3) is 0 Å². The third kappa shape index (κ3) is 3.89. The molecule has 0 radical (unpaired) electrons. The topological polar surface area (TPSA) is 72.7 Å². The molecule has 1 amide bonds. The van der Waals surface area contributed by atoms with Crippen molar-refractivity contribution in [2.24, 2.45) is 0 Å². The van der Waals surface area contributed by atoms with Crippen LogP contribution in [0.25, 0.3) is 22.1 Å². The first kappa shape index (κ1) is 20.3. The molecular formula is C23H25N5OS. The van der Waals surface area contributed by atoms with Crippen molar-refractivity contribution >= 4 is 45.4 Å². The normalized spacial score (nSPS) is 12.4. The smallest absolute Gasteiger partial charge is 0.237 e. The van der Waals surface area contributed by atoms with Crippen molar-refractivity contribution in [1.82, 2.24) is 19.7 Å². The minimum Gasteiger partial charge on any atom is -0.325 e. The Bertz CT molecular complexity index is 1200. The highest BCUT2D eigenvalue weighted by Crippen LogP contribution is 2.29. The number of fused-ring (bicyclic) bond motifs is 3. The second kappa shape index (κ2) is 8.83. The highest BCUT2D eigenvalue weighted by atomic mass is 32.2. The highest BCUT2D eigenvalue weighted by molar-refractivity contribution is 8.00. The molecule has 1 N–H and O–H groups in total. The van der Waals surface area contributed by atoms with Crippen LogP contribution in [0.1, 0.15) is 32.8 Å². The van der Waals surface area contributed by atoms with Crippen molar-refractivity contribution in [1.29, 1.82) is 0 Å². The van der Waals surface area contributed by atoms with Crippen LogP contribution in [-0.2, 0) is 17.8 Å². The Morgan fingerprint density at radius 2 is 1.93 bits per heavy atom. The van der Waals surface area contributed by atoms with E-state index in [0.717, 1.165) is 40.7 Å². The Morgan fingerprint density at radius 3 is 2.70 bits per heavy atom. The molecule has 2 aromatic heterocycles. The summed E-state index contributed by atoms with van der Waals surface area (Å²) in [7, 11) is 0. The molecule has 4 rings (SSSR count). The molecule has 154 valence electrons. The largest absolute Gasteiger partial charge is 0.325 e. The maximum Gasteiger partial charge on any atom is 0.237 e. The van der Waals surface area contributed by atoms with Gasteiger partial charge in [-0.15, -0.1) is 10.2 Å². The van der Waals surface area contributed by atoms with E-state index < -0.39 is 0 Å². The monoisotopic (exact) mass is 419 g/mol. The first-order valence-corrected chi connectivity index (χ1v) is 11.2. The number of hydrogen-bond acceptors (Lipinski definition) is 5. The Morgan fingerprint density at radius 1 is 1.10 bits per heavy atom. The van der Waals surface area contributed by atoms with E-state index in [2.05, 4.69) is 46.1 Å². The summed E-state index contributed by atoms with van der Waals surface area (Å²) in [5.41, 5.74) is 4.71. The molecule has 6 nitrogen and oxygen atoms in total. The number of aryl methyl sites for hydroxylation is 2. The number of benzene rings is 2. The maximum atomic E-state index is 12.9. The summed E-state index contributed by atoms with van der Waals surface area (Å²) in [6, 6.07) is 16.1. The van der Waals surface area contributed by atoms with Crippen molar-refractivity contribution in [2.75, 3.05) is 5.32 Å². The van der Waals surface area contributed by atoms with Crippen molar-refractivity contribution in [2.45, 2.75) is 50.6 Å². The minimum atomic E-state index is -0.297. The van der Waals surface area contributed by atoms with Gasteiger partial charge in [0, 0.05) is 17.6 Å². The molecule has 0 saturated heterocycles. The number of carbonyl (C=O) groups is 1. The Hall–Kier alpha value is -2.93. The second-order valence-electron chi connectivity index (χ2n) is 7.09. The van der Waals surface area contributed by atoms with Crippen LogP contribution in [0.3, 0.4) is 0 Å². The fraction of sp³-hybridized carbons (Fsp3) is 0.304. The van der Waals surface area contributed by atoms with Crippen LogP contribution in [0.4, 0.5) is 5.69 Å². The number of aromatic nitrogens is 4. The molecule has 1 atom stereocenters. The molecule has 2 aromatic carbocycles. The zero-order valence-corrected chi connectivity index (χ0v) is 18.2. The molecule has 0 spiro atoms. The predicted octanol–water partition coefficient (Wildman–Crippen LogP) is 5.07. The molecule has 0 aliphatic heterocycles. The number of para-hydroxylation sites is 1. The highest BCUT2D eigenvalue weighted by Gasteiger charge is 2.21. The van der Waals surface area contributed by atoms with Crippen LogP contribution in [0, 0.1) is 0 Å². The van der Waals surface area contributed by atoms with E-state index in [4.69, 9.17) is 4.98 Å². The molecule has 0 aliphatic carbocycles. The SMILES string of the molecule is CCc1cccc(NC(=O)C(CC)Sc2nnc3c4ccccc4n(CC)c3n2)c1. The van der Waals surface area contributed by atoms with E-state index in [1.807, 2.05) is 43.3 Å². The summed E-state index contributed by atoms with van der Waals surface area (Å²) in [6.45, 7) is 6.97. The molecule has 0 saturated carbocycles. The third-order valence-corrected chi connectivity index (χ3v) is 6.40. The predicted molar refractivity (Wildman–Crippen MR) is 123 cm³/mol. The van der Waals surface area contributed by atoms with Gasteiger partial charge in [0.1, 0.15) is 5.52 Å². The lowest BCUT2D eigenvalue weighted by Gasteiger charge is -2.14. The van der Waals surface area contributed by atoms with Gasteiger partial charge in [-0.1, -0.05) is 55.9 Å². The molecule has 1 unspecified atom stereocenters. The summed E-state index contributed by atoms with van der Waals surface area (Å²) >= 11 is 1.36. The minimum absolute atomic E-state index is 0.0458. The van der Waals surface area contributed by atoms with E-state index >= 15 is 0 Å². The van der Waals surface area contributed by atoms with E-state index in [-0.39, 0.29) is 11.2 Å². The van der Waals surface area contributed by atoms with Crippen molar-refractivity contribution < 1.29 is 4.79 Å². The van der Waals surface area contributed by atoms with Gasteiger partial charge in [0.05, 0.1) is 10.8 Å². The molecular weight excluding hydrogens is 394 g/mol. The van der Waals surface area contributed by atoms with Crippen LogP contribution in [0.15, 0.2) is 53.7 Å². The summed E-state index contributed by atoms with van der Waals surface area (Å²) in [5.74, 6) is -0.0458. The van der Waals surface area contributed by atoms with Gasteiger partial charge in [-0.2, -0.15) is 0 Å². The number of nitrogens with one attached hydrogen (secondary N) is 1. The fourth-order valence-corrected chi connectivity index (χ4v) is 4.41. The maximum absolute atomic E-state index is 12.9. The lowest BCUT2D eigenvalue weighted by Crippen LogP contribution is -2.25. The van der Waals surface area contributed by atoms with Gasteiger partial charge in [0.15, 0.2) is 5.65 Å². The van der Waals surface area contributed by atoms with Gasteiger partial charge >= 0.3 is 0 Å². The third-order valence-electron chi connectivity index (χ3n) is 5.18. The fourth-order valence-electron chi connectivity index (χ4n) is 3.60. The summed E-state index contributed by atoms with van der Waals surface area (Å²) in [5, 5.41) is 13.1. The van der Waals surface area contributed by atoms with Crippen molar-refractivity contribution in [3.05, 3.63) is 54.1 Å². The van der Waals surface area contributed by atoms with E-state index in [0.29, 0.717) is 11.6 Å². The first-order chi connectivity index (χ1) is 14.6. The standard InChI is InChI=1S/C23H25N5OS/c1-4-15-10-9-11-16(14-15)24-22(29)19(5-2)30-23-25-21-20(26-27-23)17-12-7-8-13-18(17)28(21)6-3/h7-14,19H,4-6H2,1-3H3,(H,24,29). The Labute approximate surface area is 180 Å². The zero-order valence-electron chi connectivity index (χ0n) is 17.4. The molecule has 0 aliphatic rings. The lowest BCUT2D eigenvalue weighted by molar-refractivity contribution is -0.115. The Kier molecular flexibility index (Phi) is 5.99. The summed E-state index contributed by atoms with van der Waals surface area (Å²) in [6.07, 6.45) is 1.60. The van der Waals surface area contributed by atoms with Crippen LogP contribution in [0.2, 0.25) is 0 Å². The average molecular weight is 420 g/mol. The van der Waals surface area contributed by atoms with Crippen LogP contribution in [-0.4, -0.2) is 30.9 Å². The number of hydrogen-bond donors (Lipinski definition) is 1. The summed E-state index contributed by atoms with van der Waals surface area (Å²) < 4.78 is 2.14. The average Bonchev–Trinajstić information content (AvgIpc) is 3.10. The molecule has 0 bridgehead atoms. The van der Waals surface area contributed by atoms with Crippen LogP contribution < -0.4 is 5.32 Å². The van der Waals surface area contributed by atoms with Crippen molar-refractivity contribution in [3.63, 3.8) is 0 Å². The van der Waals surface area contributed by atoms with Crippen LogP contribution in [0.5, 0.6) is 0 Å². The number of thioether (sulfide) groups is 1. The van der Waals surface area contributed by atoms with Gasteiger partial charge in [-0.3, -0.25) is 4.79 Å². The van der Waals surface area contributed by atoms with E-state index in [9.17, 15) is 4.79 Å². The van der Waals surface area contributed by atoms with Crippen LogP contribution >= 0.6 is 11.8 Å². The number of nitrogens with zero attached hydrogens (tertiary/aromatic N) is 4. The molecule has 0 fully saturated rings. The molecule has 4 aromatic rings. The summed E-state index contributed by atoms with van der Waals surface area (Å²) in [4.78, 5) is 17.6. The number of amides is 1. The lowest BCUT2D eigenvalue weighted by atomic mass is 10.1. The number of rotatable bonds is 7. The quantitative estimate of drug-likeness (QED) is 0.423. The number of anilines is 1. The van der Waals surface area contributed by atoms with E-state index in [1.165, 1.54) is 17.3 Å². The van der Waals surface area contributed by atoms with Gasteiger partial charge in [-0.05, 0) is 43.5 Å². The van der Waals surface area contributed by atoms with Gasteiger partial charge in [0.2, 0.25) is 11.1 Å². The molecule has 7 heteroatoms. The Balaban J connectivity index is 1.59. The molecule has 2 heterocycles. The zero-order chi connectivity index (χ0) is 21.1. The van der Waals surface area contributed by atoms with Gasteiger partial charge in [-0.25, -0.2) is 4.98 Å². The first-order valence-electron chi connectivity index (χ1n) is 10.3. The van der Waals surface area contributed by atoms with Gasteiger partial charge < -0.3 is 9.88 Å². The van der Waals surface area contributed by atoms with Crippen molar-refractivity contribution in [3.8, 4) is 0 Å². The second-order valence-corrected chi connectivity index (χ2v) is 8.26. The van der Waals surface area contributed by atoms with E-state index in [1.54, 1.807) is 0 Å².